The van der Waals surface area contributed by atoms with Gasteiger partial charge in [-0.1, -0.05) is 42.5 Å². The first-order valence-electron chi connectivity index (χ1n) is 6.88. The lowest BCUT2D eigenvalue weighted by Crippen LogP contribution is -2.18. The molecule has 22 heavy (non-hydrogen) atoms. The second-order valence-corrected chi connectivity index (χ2v) is 4.81. The number of fused-ring (bicyclic) bond motifs is 1. The van der Waals surface area contributed by atoms with Crippen LogP contribution < -0.4 is 0 Å². The van der Waals surface area contributed by atoms with Crippen molar-refractivity contribution in [3.05, 3.63) is 66.5 Å². The van der Waals surface area contributed by atoms with Crippen LogP contribution in [0.2, 0.25) is 0 Å². The minimum atomic E-state index is -0.465. The number of benzene rings is 2. The Morgan fingerprint density at radius 1 is 1.00 bits per heavy atom. The highest BCUT2D eigenvalue weighted by atomic mass is 16.5. The average Bonchev–Trinajstić information content (AvgIpc) is 2.97. The number of hydrogen-bond donors (Lipinski definition) is 0. The van der Waals surface area contributed by atoms with Crippen molar-refractivity contribution in [1.82, 2.24) is 9.55 Å². The van der Waals surface area contributed by atoms with Crippen molar-refractivity contribution < 1.29 is 14.3 Å². The van der Waals surface area contributed by atoms with E-state index in [0.717, 1.165) is 11.0 Å². The quantitative estimate of drug-likeness (QED) is 0.535. The van der Waals surface area contributed by atoms with Gasteiger partial charge in [-0.25, -0.2) is 4.98 Å². The van der Waals surface area contributed by atoms with Crippen molar-refractivity contribution in [3.8, 4) is 0 Å². The number of aromatic nitrogens is 2. The first kappa shape index (κ1) is 14.0. The molecule has 2 aromatic carbocycles. The SMILES string of the molecule is O=C(Cn1cnc2ccccc21)OCC(=O)c1ccccc1. The van der Waals surface area contributed by atoms with Crippen molar-refractivity contribution >= 4 is 22.8 Å². The molecule has 0 saturated carbocycles. The molecular weight excluding hydrogens is 280 g/mol. The summed E-state index contributed by atoms with van der Waals surface area (Å²) in [6, 6.07) is 16.3. The third-order valence-corrected chi connectivity index (χ3v) is 3.29. The maximum Gasteiger partial charge on any atom is 0.326 e. The number of ether oxygens (including phenoxy) is 1. The second-order valence-electron chi connectivity index (χ2n) is 4.81. The molecule has 0 unspecified atom stereocenters. The van der Waals surface area contributed by atoms with Gasteiger partial charge in [0.2, 0.25) is 0 Å². The van der Waals surface area contributed by atoms with E-state index in [1.165, 1.54) is 0 Å². The van der Waals surface area contributed by atoms with E-state index in [9.17, 15) is 9.59 Å². The summed E-state index contributed by atoms with van der Waals surface area (Å²) in [6.07, 6.45) is 1.59. The lowest BCUT2D eigenvalue weighted by atomic mass is 10.1. The van der Waals surface area contributed by atoms with E-state index in [0.29, 0.717) is 5.56 Å². The van der Waals surface area contributed by atoms with Gasteiger partial charge in [0.1, 0.15) is 6.54 Å². The van der Waals surface area contributed by atoms with E-state index >= 15 is 0 Å². The van der Waals surface area contributed by atoms with Crippen LogP contribution in [0, 0.1) is 0 Å². The zero-order valence-electron chi connectivity index (χ0n) is 11.8. The Balaban J connectivity index is 1.60. The fourth-order valence-corrected chi connectivity index (χ4v) is 2.17. The number of carbonyl (C=O) groups is 2. The number of para-hydroxylation sites is 2. The first-order valence-corrected chi connectivity index (χ1v) is 6.88. The van der Waals surface area contributed by atoms with Crippen LogP contribution in [0.15, 0.2) is 60.9 Å². The highest BCUT2D eigenvalue weighted by molar-refractivity contribution is 5.97. The molecule has 0 aliphatic heterocycles. The number of hydrogen-bond acceptors (Lipinski definition) is 4. The lowest BCUT2D eigenvalue weighted by Gasteiger charge is -2.06. The molecule has 0 fully saturated rings. The molecule has 0 aliphatic rings. The molecule has 5 heteroatoms. The Labute approximate surface area is 127 Å². The molecule has 0 aliphatic carbocycles. The van der Waals surface area contributed by atoms with E-state index < -0.39 is 5.97 Å². The van der Waals surface area contributed by atoms with Crippen LogP contribution in [0.5, 0.6) is 0 Å². The van der Waals surface area contributed by atoms with E-state index in [1.54, 1.807) is 35.2 Å². The molecule has 0 amide bonds. The maximum atomic E-state index is 11.9. The van der Waals surface area contributed by atoms with Gasteiger partial charge < -0.3 is 9.30 Å². The Bertz CT molecular complexity index is 809. The predicted octanol–water partition coefficient (Wildman–Crippen LogP) is 2.46. The van der Waals surface area contributed by atoms with Gasteiger partial charge >= 0.3 is 5.97 Å². The van der Waals surface area contributed by atoms with Gasteiger partial charge in [-0.05, 0) is 12.1 Å². The standard InChI is InChI=1S/C17H14N2O3/c20-16(13-6-2-1-3-7-13)11-22-17(21)10-19-12-18-14-8-4-5-9-15(14)19/h1-9,12H,10-11H2. The Morgan fingerprint density at radius 2 is 1.73 bits per heavy atom. The molecular formula is C17H14N2O3. The number of nitrogens with zero attached hydrogens (tertiary/aromatic N) is 2. The number of ketones is 1. The molecule has 0 spiro atoms. The highest BCUT2D eigenvalue weighted by Gasteiger charge is 2.11. The summed E-state index contributed by atoms with van der Waals surface area (Å²) in [6.45, 7) is -0.224. The normalized spacial score (nSPS) is 10.5. The van der Waals surface area contributed by atoms with Crippen molar-refractivity contribution in [2.75, 3.05) is 6.61 Å². The third-order valence-electron chi connectivity index (χ3n) is 3.29. The van der Waals surface area contributed by atoms with Crippen molar-refractivity contribution in [1.29, 1.82) is 0 Å². The Hall–Kier alpha value is -2.95. The van der Waals surface area contributed by atoms with Crippen LogP contribution in [0.3, 0.4) is 0 Å². The summed E-state index contributed by atoms with van der Waals surface area (Å²) >= 11 is 0. The lowest BCUT2D eigenvalue weighted by molar-refractivity contribution is -0.143. The monoisotopic (exact) mass is 294 g/mol. The number of rotatable bonds is 5. The summed E-state index contributed by atoms with van der Waals surface area (Å²) in [5.74, 6) is -0.683. The van der Waals surface area contributed by atoms with Gasteiger partial charge in [-0.2, -0.15) is 0 Å². The van der Waals surface area contributed by atoms with Crippen LogP contribution in [-0.4, -0.2) is 27.9 Å². The Morgan fingerprint density at radius 3 is 2.55 bits per heavy atom. The number of Topliss-reactive ketones (excluding diaryl/α,β-unsaturated/α-hetero) is 1. The summed E-state index contributed by atoms with van der Waals surface area (Å²) < 4.78 is 6.74. The molecule has 5 nitrogen and oxygen atoms in total. The highest BCUT2D eigenvalue weighted by Crippen LogP contribution is 2.11. The van der Waals surface area contributed by atoms with Crippen LogP contribution in [0.1, 0.15) is 10.4 Å². The fraction of sp³-hybridized carbons (Fsp3) is 0.118. The van der Waals surface area contributed by atoms with Crippen molar-refractivity contribution in [3.63, 3.8) is 0 Å². The summed E-state index contributed by atoms with van der Waals surface area (Å²) in [5.41, 5.74) is 2.20. The molecule has 1 aromatic heterocycles. The minimum Gasteiger partial charge on any atom is -0.456 e. The minimum absolute atomic E-state index is 0.0303. The summed E-state index contributed by atoms with van der Waals surface area (Å²) in [5, 5.41) is 0. The molecule has 0 radical (unpaired) electrons. The first-order chi connectivity index (χ1) is 10.7. The molecule has 0 saturated heterocycles. The molecule has 1 heterocycles. The van der Waals surface area contributed by atoms with Crippen LogP contribution in [-0.2, 0) is 16.1 Å². The van der Waals surface area contributed by atoms with E-state index in [-0.39, 0.29) is 18.9 Å². The smallest absolute Gasteiger partial charge is 0.326 e. The largest absolute Gasteiger partial charge is 0.456 e. The van der Waals surface area contributed by atoms with Gasteiger partial charge in [0.15, 0.2) is 12.4 Å². The van der Waals surface area contributed by atoms with E-state index in [4.69, 9.17) is 4.74 Å². The zero-order chi connectivity index (χ0) is 15.4. The molecule has 0 N–H and O–H groups in total. The topological polar surface area (TPSA) is 61.2 Å². The number of imidazole rings is 1. The number of esters is 1. The zero-order valence-corrected chi connectivity index (χ0v) is 11.8. The fourth-order valence-electron chi connectivity index (χ4n) is 2.17. The molecule has 110 valence electrons. The van der Waals surface area contributed by atoms with Crippen molar-refractivity contribution in [2.45, 2.75) is 6.54 Å². The summed E-state index contributed by atoms with van der Waals surface area (Å²) in [4.78, 5) is 27.9. The van der Waals surface area contributed by atoms with E-state index in [2.05, 4.69) is 4.98 Å². The van der Waals surface area contributed by atoms with Gasteiger partial charge in [0.05, 0.1) is 17.4 Å². The van der Waals surface area contributed by atoms with Crippen LogP contribution in [0.4, 0.5) is 0 Å². The number of carbonyl (C=O) groups excluding carboxylic acids is 2. The van der Waals surface area contributed by atoms with E-state index in [1.807, 2.05) is 30.3 Å². The van der Waals surface area contributed by atoms with Gasteiger partial charge in [0.25, 0.3) is 0 Å². The Kier molecular flexibility index (Phi) is 3.96. The molecule has 0 bridgehead atoms. The summed E-state index contributed by atoms with van der Waals surface area (Å²) in [7, 11) is 0. The average molecular weight is 294 g/mol. The van der Waals surface area contributed by atoms with Gasteiger partial charge in [0, 0.05) is 5.56 Å². The maximum absolute atomic E-state index is 11.9. The van der Waals surface area contributed by atoms with Crippen LogP contribution >= 0.6 is 0 Å². The van der Waals surface area contributed by atoms with Crippen LogP contribution in [0.25, 0.3) is 11.0 Å². The molecule has 0 atom stereocenters. The van der Waals surface area contributed by atoms with Crippen molar-refractivity contribution in [2.24, 2.45) is 0 Å². The second kappa shape index (κ2) is 6.22. The molecule has 3 rings (SSSR count). The van der Waals surface area contributed by atoms with Gasteiger partial charge in [-0.15, -0.1) is 0 Å². The third kappa shape index (κ3) is 3.03. The van der Waals surface area contributed by atoms with Gasteiger partial charge in [-0.3, -0.25) is 9.59 Å². The molecule has 3 aromatic rings. The predicted molar refractivity (Wildman–Crippen MR) is 81.5 cm³/mol.